The largest absolute Gasteiger partial charge is 0.464 e. The first-order chi connectivity index (χ1) is 7.95. The Labute approximate surface area is 97.6 Å². The second-order valence-corrected chi connectivity index (χ2v) is 3.36. The highest BCUT2D eigenvalue weighted by molar-refractivity contribution is 5.75. The van der Waals surface area contributed by atoms with Crippen LogP contribution in [-0.4, -0.2) is 70.2 Å². The van der Waals surface area contributed by atoms with E-state index in [-0.39, 0.29) is 12.9 Å². The van der Waals surface area contributed by atoms with E-state index in [1.165, 1.54) is 0 Å². The number of aliphatic hydroxyl groups is 4. The molecule has 0 aliphatic rings. The van der Waals surface area contributed by atoms with Crippen molar-refractivity contribution in [2.75, 3.05) is 13.2 Å². The van der Waals surface area contributed by atoms with Crippen LogP contribution in [0.1, 0.15) is 6.42 Å². The highest BCUT2D eigenvalue weighted by atomic mass is 16.5. The van der Waals surface area contributed by atoms with Gasteiger partial charge < -0.3 is 35.7 Å². The number of carbonyl (C=O) groups is 2. The van der Waals surface area contributed by atoms with Gasteiger partial charge in [-0.2, -0.15) is 0 Å². The van der Waals surface area contributed by atoms with Gasteiger partial charge in [-0.3, -0.25) is 0 Å². The van der Waals surface area contributed by atoms with Gasteiger partial charge in [-0.15, -0.1) is 0 Å². The maximum atomic E-state index is 11.1. The Kier molecular flexibility index (Phi) is 7.59. The van der Waals surface area contributed by atoms with Gasteiger partial charge in [-0.25, -0.2) is 4.79 Å². The fraction of sp³-hybridized carbons (Fsp3) is 0.778. The molecule has 8 nitrogen and oxygen atoms in total. The molecular weight excluding hydrogens is 234 g/mol. The van der Waals surface area contributed by atoms with E-state index in [1.54, 1.807) is 0 Å². The van der Waals surface area contributed by atoms with E-state index >= 15 is 0 Å². The van der Waals surface area contributed by atoms with Gasteiger partial charge in [0.2, 0.25) is 0 Å². The van der Waals surface area contributed by atoms with Gasteiger partial charge >= 0.3 is 5.97 Å². The first kappa shape index (κ1) is 15.9. The number of hydrogen-bond acceptors (Lipinski definition) is 8. The number of ether oxygens (including phenoxy) is 1. The minimum absolute atomic E-state index is 0.0274. The molecule has 0 spiro atoms. The summed E-state index contributed by atoms with van der Waals surface area (Å²) in [5.74, 6) is -1.16. The molecule has 0 aromatic heterocycles. The van der Waals surface area contributed by atoms with Crippen molar-refractivity contribution in [1.29, 1.82) is 0 Å². The molecule has 0 radical (unpaired) electrons. The molecular formula is C9H17NO7. The van der Waals surface area contributed by atoms with E-state index in [0.717, 1.165) is 0 Å². The number of rotatable bonds is 8. The number of nitrogens with two attached hydrogens (primary N) is 1. The van der Waals surface area contributed by atoms with E-state index < -0.39 is 30.4 Å². The van der Waals surface area contributed by atoms with Crippen LogP contribution in [0.15, 0.2) is 0 Å². The van der Waals surface area contributed by atoms with Crippen molar-refractivity contribution in [3.05, 3.63) is 0 Å². The Bertz CT molecular complexity index is 247. The number of esters is 1. The monoisotopic (exact) mass is 251 g/mol. The van der Waals surface area contributed by atoms with Crippen LogP contribution in [0, 0.1) is 0 Å². The molecule has 0 heterocycles. The summed E-state index contributed by atoms with van der Waals surface area (Å²) in [6.07, 6.45) is -7.56. The lowest BCUT2D eigenvalue weighted by Gasteiger charge is -2.22. The summed E-state index contributed by atoms with van der Waals surface area (Å²) < 4.78 is 4.52. The second kappa shape index (κ2) is 8.09. The predicted octanol–water partition coefficient (Wildman–Crippen LogP) is -3.48. The second-order valence-electron chi connectivity index (χ2n) is 3.36. The predicted molar refractivity (Wildman–Crippen MR) is 54.7 cm³/mol. The molecule has 0 bridgehead atoms. The van der Waals surface area contributed by atoms with Gasteiger partial charge in [0.1, 0.15) is 18.3 Å². The van der Waals surface area contributed by atoms with Gasteiger partial charge in [0.05, 0.1) is 6.61 Å². The minimum atomic E-state index is -2.04. The number of carbonyl (C=O) groups excluding carboxylic acids is 2. The van der Waals surface area contributed by atoms with Crippen molar-refractivity contribution >= 4 is 12.3 Å². The summed E-state index contributed by atoms with van der Waals surface area (Å²) in [6.45, 7) is 0.254. The van der Waals surface area contributed by atoms with E-state index in [2.05, 4.69) is 4.74 Å². The van der Waals surface area contributed by atoms with Crippen LogP contribution >= 0.6 is 0 Å². The molecule has 0 aliphatic carbocycles. The van der Waals surface area contributed by atoms with Crippen LogP contribution in [0.3, 0.4) is 0 Å². The van der Waals surface area contributed by atoms with Crippen LogP contribution in [0.5, 0.6) is 0 Å². The van der Waals surface area contributed by atoms with E-state index in [9.17, 15) is 19.8 Å². The van der Waals surface area contributed by atoms with Crippen molar-refractivity contribution in [2.45, 2.75) is 30.8 Å². The molecule has 0 rings (SSSR count). The van der Waals surface area contributed by atoms with Gasteiger partial charge in [-0.1, -0.05) is 0 Å². The molecule has 0 saturated carbocycles. The SMILES string of the molecule is NCCCOC(=O)[C@@H](O)[C@@H](O)[C@H](O)[C@@H](O)C=O. The van der Waals surface area contributed by atoms with Crippen LogP contribution in [0.4, 0.5) is 0 Å². The molecule has 0 amide bonds. The average molecular weight is 251 g/mol. The first-order valence-corrected chi connectivity index (χ1v) is 5.00. The number of aldehydes is 1. The molecule has 0 aliphatic heterocycles. The summed E-state index contributed by atoms with van der Waals surface area (Å²) in [6, 6.07) is 0. The Morgan fingerprint density at radius 2 is 1.82 bits per heavy atom. The molecule has 0 fully saturated rings. The number of hydrogen-bond donors (Lipinski definition) is 5. The molecule has 6 N–H and O–H groups in total. The molecule has 8 heteroatoms. The Morgan fingerprint density at radius 1 is 1.24 bits per heavy atom. The maximum absolute atomic E-state index is 11.1. The number of aliphatic hydroxyl groups excluding tert-OH is 4. The fourth-order valence-electron chi connectivity index (χ4n) is 0.950. The van der Waals surface area contributed by atoms with Crippen molar-refractivity contribution in [3.63, 3.8) is 0 Å². The third-order valence-electron chi connectivity index (χ3n) is 2.00. The van der Waals surface area contributed by atoms with Gasteiger partial charge in [0, 0.05) is 0 Å². The first-order valence-electron chi connectivity index (χ1n) is 5.00. The van der Waals surface area contributed by atoms with Crippen molar-refractivity contribution in [1.82, 2.24) is 0 Å². The van der Waals surface area contributed by atoms with Crippen molar-refractivity contribution in [3.8, 4) is 0 Å². The summed E-state index contributed by atoms with van der Waals surface area (Å²) in [7, 11) is 0. The van der Waals surface area contributed by atoms with E-state index in [1.807, 2.05) is 0 Å². The normalized spacial score (nSPS) is 17.9. The Balaban J connectivity index is 4.23. The molecule has 17 heavy (non-hydrogen) atoms. The lowest BCUT2D eigenvalue weighted by molar-refractivity contribution is -0.169. The molecule has 0 unspecified atom stereocenters. The highest BCUT2D eigenvalue weighted by Gasteiger charge is 2.35. The summed E-state index contributed by atoms with van der Waals surface area (Å²) in [5.41, 5.74) is 5.14. The zero-order chi connectivity index (χ0) is 13.4. The third kappa shape index (κ3) is 5.20. The highest BCUT2D eigenvalue weighted by Crippen LogP contribution is 2.05. The zero-order valence-electron chi connectivity index (χ0n) is 9.10. The third-order valence-corrected chi connectivity index (χ3v) is 2.00. The van der Waals surface area contributed by atoms with Crippen molar-refractivity contribution < 1.29 is 34.8 Å². The van der Waals surface area contributed by atoms with Crippen LogP contribution in [0.25, 0.3) is 0 Å². The lowest BCUT2D eigenvalue weighted by atomic mass is 10.0. The van der Waals surface area contributed by atoms with Crippen LogP contribution in [-0.2, 0) is 14.3 Å². The molecule has 4 atom stereocenters. The van der Waals surface area contributed by atoms with Crippen molar-refractivity contribution in [2.24, 2.45) is 5.73 Å². The molecule has 0 saturated heterocycles. The quantitative estimate of drug-likeness (QED) is 0.169. The maximum Gasteiger partial charge on any atom is 0.337 e. The van der Waals surface area contributed by atoms with Crippen LogP contribution < -0.4 is 5.73 Å². The van der Waals surface area contributed by atoms with Gasteiger partial charge in [0.25, 0.3) is 0 Å². The van der Waals surface area contributed by atoms with E-state index in [4.69, 9.17) is 15.9 Å². The summed E-state index contributed by atoms with van der Waals surface area (Å²) in [5, 5.41) is 36.6. The standard InChI is InChI=1S/C9H17NO7/c10-2-1-3-17-9(16)8(15)7(14)6(13)5(12)4-11/h4-8,12-15H,1-3,10H2/t5-,6+,7-,8-/m0/s1. The average Bonchev–Trinajstić information content (AvgIpc) is 2.35. The molecule has 100 valence electrons. The Morgan fingerprint density at radius 3 is 2.29 bits per heavy atom. The molecule has 0 aromatic rings. The summed E-state index contributed by atoms with van der Waals surface area (Å²) in [4.78, 5) is 21.2. The minimum Gasteiger partial charge on any atom is -0.464 e. The van der Waals surface area contributed by atoms with Gasteiger partial charge in [-0.05, 0) is 13.0 Å². The topological polar surface area (TPSA) is 150 Å². The smallest absolute Gasteiger partial charge is 0.337 e. The summed E-state index contributed by atoms with van der Waals surface area (Å²) >= 11 is 0. The zero-order valence-corrected chi connectivity index (χ0v) is 9.10. The Hall–Kier alpha value is -1.06. The van der Waals surface area contributed by atoms with E-state index in [0.29, 0.717) is 13.0 Å². The molecule has 0 aromatic carbocycles. The van der Waals surface area contributed by atoms with Gasteiger partial charge in [0.15, 0.2) is 12.4 Å². The lowest BCUT2D eigenvalue weighted by Crippen LogP contribution is -2.48. The fourth-order valence-corrected chi connectivity index (χ4v) is 0.950. The van der Waals surface area contributed by atoms with Crippen LogP contribution in [0.2, 0.25) is 0 Å².